The van der Waals surface area contributed by atoms with Crippen LogP contribution in [0.1, 0.15) is 10.5 Å². The third kappa shape index (κ3) is 2.56. The Labute approximate surface area is 129 Å². The van der Waals surface area contributed by atoms with Crippen LogP contribution in [0.5, 0.6) is 0 Å². The van der Waals surface area contributed by atoms with Crippen LogP contribution in [0.4, 0.5) is 18.9 Å². The van der Waals surface area contributed by atoms with Gasteiger partial charge in [-0.3, -0.25) is 0 Å². The Morgan fingerprint density at radius 3 is 2.52 bits per heavy atom. The van der Waals surface area contributed by atoms with Gasteiger partial charge < -0.3 is 10.8 Å². The molecule has 0 saturated heterocycles. The van der Waals surface area contributed by atoms with Gasteiger partial charge in [0.25, 0.3) is 0 Å². The van der Waals surface area contributed by atoms with Gasteiger partial charge in [-0.1, -0.05) is 11.6 Å². The van der Waals surface area contributed by atoms with E-state index in [4.69, 9.17) is 22.4 Å². The van der Waals surface area contributed by atoms with Crippen molar-refractivity contribution in [1.29, 1.82) is 0 Å². The van der Waals surface area contributed by atoms with E-state index in [1.54, 1.807) is 0 Å². The summed E-state index contributed by atoms with van der Waals surface area (Å²) < 4.78 is 40.9. The number of aromatic carboxylic acids is 1. The Morgan fingerprint density at radius 1 is 1.33 bits per heavy atom. The molecule has 21 heavy (non-hydrogen) atoms. The van der Waals surface area contributed by atoms with Gasteiger partial charge in [0.2, 0.25) is 0 Å². The second-order valence-corrected chi connectivity index (χ2v) is 5.13. The lowest BCUT2D eigenvalue weighted by atomic mass is 10.0. The predicted octanol–water partition coefficient (Wildman–Crippen LogP) is 3.86. The number of pyridine rings is 1. The Morgan fingerprint density at radius 2 is 1.95 bits per heavy atom. The average molecular weight is 382 g/mol. The molecule has 0 unspecified atom stereocenters. The number of aromatic nitrogens is 1. The van der Waals surface area contributed by atoms with Crippen LogP contribution in [0.3, 0.4) is 0 Å². The number of carboxylic acids is 1. The number of hydrogen-bond donors (Lipinski definition) is 2. The van der Waals surface area contributed by atoms with Crippen molar-refractivity contribution >= 4 is 39.2 Å². The Kier molecular flexibility index (Phi) is 4.11. The molecule has 0 spiro atoms. The minimum Gasteiger partial charge on any atom is -0.476 e. The molecule has 3 N–H and O–H groups in total. The highest BCUT2D eigenvalue weighted by atomic mass is 79.9. The zero-order valence-corrected chi connectivity index (χ0v) is 12.3. The first-order chi connectivity index (χ1) is 9.75. The van der Waals surface area contributed by atoms with Crippen LogP contribution in [0, 0.1) is 17.5 Å². The van der Waals surface area contributed by atoms with Gasteiger partial charge >= 0.3 is 5.97 Å². The highest BCUT2D eigenvalue weighted by molar-refractivity contribution is 9.10. The number of rotatable bonds is 2. The van der Waals surface area contributed by atoms with Crippen LogP contribution < -0.4 is 5.73 Å². The summed E-state index contributed by atoms with van der Waals surface area (Å²) in [6.07, 6.45) is 0.819. The van der Waals surface area contributed by atoms with Crippen molar-refractivity contribution in [2.75, 3.05) is 5.73 Å². The van der Waals surface area contributed by atoms with Crippen LogP contribution in [0.15, 0.2) is 16.7 Å². The normalized spacial score (nSPS) is 10.7. The first-order valence-electron chi connectivity index (χ1n) is 5.26. The van der Waals surface area contributed by atoms with Gasteiger partial charge in [-0.05, 0) is 22.0 Å². The van der Waals surface area contributed by atoms with Crippen LogP contribution in [-0.2, 0) is 0 Å². The molecule has 110 valence electrons. The van der Waals surface area contributed by atoms with Crippen molar-refractivity contribution in [3.63, 3.8) is 0 Å². The highest BCUT2D eigenvalue weighted by Gasteiger charge is 2.24. The van der Waals surface area contributed by atoms with E-state index in [-0.39, 0.29) is 5.56 Å². The molecule has 0 bridgehead atoms. The van der Waals surface area contributed by atoms with Crippen molar-refractivity contribution in [3.8, 4) is 11.1 Å². The zero-order chi connectivity index (χ0) is 15.9. The van der Waals surface area contributed by atoms with Crippen LogP contribution >= 0.6 is 27.5 Å². The number of carbonyl (C=O) groups is 1. The average Bonchev–Trinajstić information content (AvgIpc) is 2.40. The number of anilines is 1. The number of nitrogens with two attached hydrogens (primary N) is 1. The molecule has 0 fully saturated rings. The number of nitrogens with zero attached hydrogens (tertiary/aromatic N) is 1. The third-order valence-corrected chi connectivity index (χ3v) is 3.60. The van der Waals surface area contributed by atoms with Gasteiger partial charge in [-0.2, -0.15) is 0 Å². The van der Waals surface area contributed by atoms with Gasteiger partial charge in [-0.25, -0.2) is 22.9 Å². The highest BCUT2D eigenvalue weighted by Crippen LogP contribution is 2.37. The third-order valence-electron chi connectivity index (χ3n) is 2.64. The van der Waals surface area contributed by atoms with Crippen molar-refractivity contribution in [1.82, 2.24) is 4.98 Å². The number of benzene rings is 1. The summed E-state index contributed by atoms with van der Waals surface area (Å²) in [4.78, 5) is 14.3. The molecule has 1 aromatic heterocycles. The zero-order valence-electron chi connectivity index (χ0n) is 9.92. The Balaban J connectivity index is 2.78. The van der Waals surface area contributed by atoms with Crippen molar-refractivity contribution in [2.45, 2.75) is 0 Å². The standard InChI is InChI=1S/C12H5BrClF3N2O2/c13-4-1-5(15)6(9(17)8(4)16)3-2-19-11(12(20)21)7(14)10(3)18/h1-2H,(H2,18,19)(H,20,21). The molecule has 2 aromatic rings. The fraction of sp³-hybridized carbons (Fsp3) is 0. The number of nitrogen functional groups attached to an aromatic ring is 1. The van der Waals surface area contributed by atoms with Gasteiger partial charge in [0, 0.05) is 11.8 Å². The van der Waals surface area contributed by atoms with E-state index >= 15 is 0 Å². The van der Waals surface area contributed by atoms with E-state index in [2.05, 4.69) is 20.9 Å². The second-order valence-electron chi connectivity index (χ2n) is 3.90. The molecule has 2 rings (SSSR count). The lowest BCUT2D eigenvalue weighted by molar-refractivity contribution is 0.0691. The maximum atomic E-state index is 13.9. The molecule has 0 aliphatic carbocycles. The summed E-state index contributed by atoms with van der Waals surface area (Å²) in [5.74, 6) is -5.37. The van der Waals surface area contributed by atoms with E-state index in [0.29, 0.717) is 6.07 Å². The van der Waals surface area contributed by atoms with E-state index in [1.165, 1.54) is 0 Å². The molecular formula is C12H5BrClF3N2O2. The second kappa shape index (κ2) is 5.53. The fourth-order valence-electron chi connectivity index (χ4n) is 1.66. The smallest absolute Gasteiger partial charge is 0.356 e. The first kappa shape index (κ1) is 15.6. The summed E-state index contributed by atoms with van der Waals surface area (Å²) in [7, 11) is 0. The summed E-state index contributed by atoms with van der Waals surface area (Å²) in [6.45, 7) is 0. The van der Waals surface area contributed by atoms with Crippen molar-refractivity contribution < 1.29 is 23.1 Å². The molecule has 0 aliphatic rings. The minimum absolute atomic E-state index is 0.341. The molecule has 0 radical (unpaired) electrons. The van der Waals surface area contributed by atoms with Gasteiger partial charge in [0.05, 0.1) is 20.7 Å². The molecule has 9 heteroatoms. The quantitative estimate of drug-likeness (QED) is 0.612. The predicted molar refractivity (Wildman–Crippen MR) is 73.6 cm³/mol. The summed E-state index contributed by atoms with van der Waals surface area (Å²) in [5, 5.41) is 8.34. The molecule has 0 amide bonds. The van der Waals surface area contributed by atoms with Crippen molar-refractivity contribution in [3.05, 3.63) is 44.9 Å². The van der Waals surface area contributed by atoms with E-state index in [0.717, 1.165) is 6.20 Å². The Hall–Kier alpha value is -1.80. The Bertz CT molecular complexity index is 771. The summed E-state index contributed by atoms with van der Waals surface area (Å²) >= 11 is 8.36. The fourth-order valence-corrected chi connectivity index (χ4v) is 2.27. The number of carboxylic acid groups (broad SMARTS) is 1. The lowest BCUT2D eigenvalue weighted by Gasteiger charge is -2.11. The van der Waals surface area contributed by atoms with Gasteiger partial charge in [0.1, 0.15) is 5.82 Å². The monoisotopic (exact) mass is 380 g/mol. The molecule has 0 aliphatic heterocycles. The first-order valence-corrected chi connectivity index (χ1v) is 6.43. The largest absolute Gasteiger partial charge is 0.476 e. The molecule has 0 saturated carbocycles. The van der Waals surface area contributed by atoms with Crippen LogP contribution in [-0.4, -0.2) is 16.1 Å². The molecular weight excluding hydrogens is 376 g/mol. The maximum Gasteiger partial charge on any atom is 0.356 e. The minimum atomic E-state index is -1.49. The topological polar surface area (TPSA) is 76.2 Å². The molecule has 0 atom stereocenters. The van der Waals surface area contributed by atoms with Crippen LogP contribution in [0.25, 0.3) is 11.1 Å². The van der Waals surface area contributed by atoms with Crippen LogP contribution in [0.2, 0.25) is 5.02 Å². The van der Waals surface area contributed by atoms with E-state index in [9.17, 15) is 18.0 Å². The molecule has 1 heterocycles. The van der Waals surface area contributed by atoms with Crippen molar-refractivity contribution in [2.24, 2.45) is 0 Å². The summed E-state index contributed by atoms with van der Waals surface area (Å²) in [5.41, 5.74) is 3.47. The number of halogens is 5. The van der Waals surface area contributed by atoms with E-state index in [1.807, 2.05) is 0 Å². The van der Waals surface area contributed by atoms with E-state index < -0.39 is 49.9 Å². The molecule has 4 nitrogen and oxygen atoms in total. The molecule has 1 aromatic carbocycles. The van der Waals surface area contributed by atoms with Gasteiger partial charge in [0.15, 0.2) is 17.3 Å². The van der Waals surface area contributed by atoms with Gasteiger partial charge in [-0.15, -0.1) is 0 Å². The SMILES string of the molecule is Nc1c(-c2c(F)cc(Br)c(F)c2F)cnc(C(=O)O)c1Cl. The summed E-state index contributed by atoms with van der Waals surface area (Å²) in [6, 6.07) is 0.714. The maximum absolute atomic E-state index is 13.9. The number of hydrogen-bond acceptors (Lipinski definition) is 3. The lowest BCUT2D eigenvalue weighted by Crippen LogP contribution is -2.06.